The number of carbonyl (C=O) groups excluding carboxylic acids is 1. The van der Waals surface area contributed by atoms with Gasteiger partial charge in [-0.3, -0.25) is 4.79 Å². The number of amides is 1. The van der Waals surface area contributed by atoms with Gasteiger partial charge in [0.2, 0.25) is 0 Å². The number of hydrogen-bond acceptors (Lipinski definition) is 3. The number of carbonyl (C=O) groups is 1. The van der Waals surface area contributed by atoms with Crippen molar-refractivity contribution >= 4 is 5.91 Å². The summed E-state index contributed by atoms with van der Waals surface area (Å²) in [6.07, 6.45) is 31.7. The van der Waals surface area contributed by atoms with Crippen molar-refractivity contribution in [3.63, 3.8) is 0 Å². The molecular formula is C43H87NO3. The topological polar surface area (TPSA) is 47.6 Å². The highest BCUT2D eigenvalue weighted by atomic mass is 16.5. The summed E-state index contributed by atoms with van der Waals surface area (Å²) in [5.41, 5.74) is 0. The smallest absolute Gasteiger partial charge is 0.251 e. The molecule has 4 atom stereocenters. The molecule has 0 aromatic heterocycles. The average molecular weight is 666 g/mol. The Morgan fingerprint density at radius 2 is 0.915 bits per heavy atom. The minimum absolute atomic E-state index is 0.0182. The molecule has 282 valence electrons. The van der Waals surface area contributed by atoms with Gasteiger partial charge in [-0.05, 0) is 42.4 Å². The Bertz CT molecular complexity index is 651. The Labute approximate surface area is 296 Å². The first-order valence-corrected chi connectivity index (χ1v) is 21.1. The highest BCUT2D eigenvalue weighted by Gasteiger charge is 2.20. The molecule has 0 spiro atoms. The summed E-state index contributed by atoms with van der Waals surface area (Å²) < 4.78 is 12.1. The second-order valence-electron chi connectivity index (χ2n) is 16.5. The van der Waals surface area contributed by atoms with Crippen molar-refractivity contribution in [1.29, 1.82) is 0 Å². The van der Waals surface area contributed by atoms with Gasteiger partial charge in [0.05, 0.1) is 6.61 Å². The van der Waals surface area contributed by atoms with Gasteiger partial charge in [-0.15, -0.1) is 0 Å². The highest BCUT2D eigenvalue weighted by molar-refractivity contribution is 5.80. The predicted molar refractivity (Wildman–Crippen MR) is 207 cm³/mol. The third-order valence-electron chi connectivity index (χ3n) is 10.1. The van der Waals surface area contributed by atoms with Gasteiger partial charge in [0, 0.05) is 19.8 Å². The molecular weight excluding hydrogens is 578 g/mol. The van der Waals surface area contributed by atoms with Gasteiger partial charge < -0.3 is 14.8 Å². The summed E-state index contributed by atoms with van der Waals surface area (Å²) in [6, 6.07) is 0. The molecule has 0 heterocycles. The maximum atomic E-state index is 12.9. The van der Waals surface area contributed by atoms with Crippen LogP contribution in [0.5, 0.6) is 0 Å². The highest BCUT2D eigenvalue weighted by Crippen LogP contribution is 2.23. The van der Waals surface area contributed by atoms with Gasteiger partial charge in [-0.25, -0.2) is 0 Å². The van der Waals surface area contributed by atoms with Crippen molar-refractivity contribution < 1.29 is 14.3 Å². The molecule has 0 fully saturated rings. The van der Waals surface area contributed by atoms with Crippen LogP contribution in [0.25, 0.3) is 0 Å². The van der Waals surface area contributed by atoms with E-state index in [1.807, 2.05) is 0 Å². The Morgan fingerprint density at radius 3 is 1.36 bits per heavy atom. The molecule has 3 unspecified atom stereocenters. The van der Waals surface area contributed by atoms with E-state index in [0.717, 1.165) is 37.2 Å². The summed E-state index contributed by atoms with van der Waals surface area (Å²) in [7, 11) is 0. The molecule has 0 aromatic carbocycles. The lowest BCUT2D eigenvalue weighted by Gasteiger charge is -2.20. The molecule has 0 radical (unpaired) electrons. The lowest BCUT2D eigenvalue weighted by atomic mass is 9.91. The first-order valence-electron chi connectivity index (χ1n) is 21.1. The van der Waals surface area contributed by atoms with Gasteiger partial charge in [-0.2, -0.15) is 0 Å². The van der Waals surface area contributed by atoms with Crippen LogP contribution in [0.4, 0.5) is 0 Å². The summed E-state index contributed by atoms with van der Waals surface area (Å²) in [5.74, 6) is 3.58. The van der Waals surface area contributed by atoms with Crippen LogP contribution >= 0.6 is 0 Å². The fourth-order valence-electron chi connectivity index (χ4n) is 6.56. The number of hydrogen-bond donors (Lipinski definition) is 1. The first kappa shape index (κ1) is 46.4. The van der Waals surface area contributed by atoms with E-state index >= 15 is 0 Å². The fraction of sp³-hybridized carbons (Fsp3) is 0.977. The normalized spacial score (nSPS) is 14.5. The molecule has 4 heteroatoms. The molecule has 4 nitrogen and oxygen atoms in total. The second kappa shape index (κ2) is 33.9. The van der Waals surface area contributed by atoms with Gasteiger partial charge in [0.15, 0.2) is 6.10 Å². The van der Waals surface area contributed by atoms with E-state index in [9.17, 15) is 4.79 Å². The van der Waals surface area contributed by atoms with Crippen LogP contribution in [0.1, 0.15) is 209 Å². The molecule has 1 N–H and O–H groups in total. The zero-order valence-corrected chi connectivity index (χ0v) is 33.5. The predicted octanol–water partition coefficient (Wildman–Crippen LogP) is 13.1. The van der Waals surface area contributed by atoms with E-state index in [-0.39, 0.29) is 5.91 Å². The van der Waals surface area contributed by atoms with Gasteiger partial charge in [0.25, 0.3) is 5.91 Å². The fourth-order valence-corrected chi connectivity index (χ4v) is 6.56. The number of nitrogens with one attached hydrogen (secondary N) is 1. The van der Waals surface area contributed by atoms with Crippen molar-refractivity contribution in [1.82, 2.24) is 5.32 Å². The lowest BCUT2D eigenvalue weighted by Crippen LogP contribution is -2.41. The Hall–Kier alpha value is -0.610. The van der Waals surface area contributed by atoms with Crippen LogP contribution in [0.3, 0.4) is 0 Å². The largest absolute Gasteiger partial charge is 0.378 e. The number of rotatable bonds is 36. The SMILES string of the molecule is CCCCCCCCCCCCCCCCOC[C@H](OCCC(C)CCCC(C)CCCC(C)CCCC(C)C)C(=O)NCC(C)C. The zero-order chi connectivity index (χ0) is 35.0. The van der Waals surface area contributed by atoms with Crippen LogP contribution in [-0.4, -0.2) is 38.4 Å². The third kappa shape index (κ3) is 33.7. The molecule has 0 saturated heterocycles. The molecule has 0 aromatic rings. The monoisotopic (exact) mass is 666 g/mol. The molecule has 0 aliphatic heterocycles. The van der Waals surface area contributed by atoms with E-state index in [0.29, 0.717) is 31.6 Å². The lowest BCUT2D eigenvalue weighted by molar-refractivity contribution is -0.137. The van der Waals surface area contributed by atoms with Gasteiger partial charge in [-0.1, -0.05) is 197 Å². The van der Waals surface area contributed by atoms with Crippen LogP contribution < -0.4 is 5.32 Å². The first-order chi connectivity index (χ1) is 22.6. The Balaban J connectivity index is 4.03. The maximum Gasteiger partial charge on any atom is 0.251 e. The summed E-state index contributed by atoms with van der Waals surface area (Å²) in [4.78, 5) is 12.9. The van der Waals surface area contributed by atoms with Crippen molar-refractivity contribution in [2.24, 2.45) is 29.6 Å². The van der Waals surface area contributed by atoms with Crippen LogP contribution in [0.15, 0.2) is 0 Å². The van der Waals surface area contributed by atoms with Crippen molar-refractivity contribution in [2.75, 3.05) is 26.4 Å². The van der Waals surface area contributed by atoms with Crippen LogP contribution in [0, 0.1) is 29.6 Å². The molecule has 0 rings (SSSR count). The zero-order valence-electron chi connectivity index (χ0n) is 33.5. The molecule has 47 heavy (non-hydrogen) atoms. The van der Waals surface area contributed by atoms with E-state index in [1.165, 1.54) is 141 Å². The molecule has 1 amide bonds. The summed E-state index contributed by atoms with van der Waals surface area (Å²) >= 11 is 0. The van der Waals surface area contributed by atoms with E-state index in [4.69, 9.17) is 9.47 Å². The van der Waals surface area contributed by atoms with E-state index in [1.54, 1.807) is 0 Å². The molecule has 0 aliphatic carbocycles. The molecule has 0 aliphatic rings. The maximum absolute atomic E-state index is 12.9. The quantitative estimate of drug-likeness (QED) is 0.0678. The Kier molecular flexibility index (Phi) is 33.4. The average Bonchev–Trinajstić information content (AvgIpc) is 3.02. The summed E-state index contributed by atoms with van der Waals surface area (Å²) in [5, 5.41) is 3.07. The van der Waals surface area contributed by atoms with Gasteiger partial charge in [0.1, 0.15) is 0 Å². The van der Waals surface area contributed by atoms with Gasteiger partial charge >= 0.3 is 0 Å². The van der Waals surface area contributed by atoms with E-state index < -0.39 is 6.10 Å². The van der Waals surface area contributed by atoms with Crippen LogP contribution in [-0.2, 0) is 14.3 Å². The van der Waals surface area contributed by atoms with Crippen molar-refractivity contribution in [3.8, 4) is 0 Å². The molecule has 0 saturated carbocycles. The third-order valence-corrected chi connectivity index (χ3v) is 10.1. The summed E-state index contributed by atoms with van der Waals surface area (Å²) in [6.45, 7) is 20.8. The van der Waals surface area contributed by atoms with Crippen LogP contribution in [0.2, 0.25) is 0 Å². The Morgan fingerprint density at radius 1 is 0.489 bits per heavy atom. The standard InChI is InChI=1S/C43H87NO3/c1-9-10-11-12-13-14-15-16-17-18-19-20-21-22-33-46-36-42(43(45)44-35-38(4)5)47-34-32-41(8)31-25-30-40(7)29-24-28-39(6)27-23-26-37(2)3/h37-42H,9-36H2,1-8H3,(H,44,45)/t39?,40?,41?,42-/m0/s1. The molecule has 0 bridgehead atoms. The van der Waals surface area contributed by atoms with Crippen molar-refractivity contribution in [2.45, 2.75) is 216 Å². The minimum atomic E-state index is -0.500. The number of ether oxygens (including phenoxy) is 2. The second-order valence-corrected chi connectivity index (χ2v) is 16.5. The van der Waals surface area contributed by atoms with Crippen molar-refractivity contribution in [3.05, 3.63) is 0 Å². The minimum Gasteiger partial charge on any atom is -0.378 e. The number of unbranched alkanes of at least 4 members (excludes halogenated alkanes) is 13. The van der Waals surface area contributed by atoms with E-state index in [2.05, 4.69) is 60.7 Å².